The second kappa shape index (κ2) is 2.30. The molecule has 0 aromatic carbocycles. The van der Waals surface area contributed by atoms with Crippen LogP contribution in [0.15, 0.2) is 6.07 Å². The molecule has 58 valence electrons. The third kappa shape index (κ3) is 1.26. The summed E-state index contributed by atoms with van der Waals surface area (Å²) in [7, 11) is 0. The highest BCUT2D eigenvalue weighted by molar-refractivity contribution is 7.08. The smallest absolute Gasteiger partial charge is 0.347 e. The molecule has 0 spiro atoms. The van der Waals surface area contributed by atoms with Crippen molar-refractivity contribution in [3.8, 4) is 0 Å². The summed E-state index contributed by atoms with van der Waals surface area (Å²) < 4.78 is 4.06. The predicted octanol–water partition coefficient (Wildman–Crippen LogP) is 1.72. The Hall–Kier alpha value is -0.900. The first-order valence-electron chi connectivity index (χ1n) is 3.47. The lowest BCUT2D eigenvalue weighted by molar-refractivity contribution is 0.0702. The average molecular weight is 169 g/mol. The Morgan fingerprint density at radius 1 is 1.73 bits per heavy atom. The Kier molecular flexibility index (Phi) is 1.42. The number of rotatable bonds is 2. The van der Waals surface area contributed by atoms with Crippen LogP contribution in [0.1, 0.15) is 34.1 Å². The van der Waals surface area contributed by atoms with E-state index in [1.807, 2.05) is 0 Å². The van der Waals surface area contributed by atoms with Crippen LogP contribution in [-0.4, -0.2) is 15.4 Å². The third-order valence-corrected chi connectivity index (χ3v) is 2.53. The first-order chi connectivity index (χ1) is 5.27. The van der Waals surface area contributed by atoms with Gasteiger partial charge in [-0.05, 0) is 30.4 Å². The number of carbonyl (C=O) groups is 1. The zero-order valence-electron chi connectivity index (χ0n) is 5.78. The van der Waals surface area contributed by atoms with Gasteiger partial charge in [-0.2, -0.15) is 4.37 Å². The SMILES string of the molecule is O=C(O)c1cc(C2CC2)ns1. The van der Waals surface area contributed by atoms with Gasteiger partial charge in [0, 0.05) is 5.92 Å². The first-order valence-corrected chi connectivity index (χ1v) is 4.24. The molecule has 1 saturated carbocycles. The second-order valence-electron chi connectivity index (χ2n) is 2.70. The van der Waals surface area contributed by atoms with Crippen LogP contribution in [0.25, 0.3) is 0 Å². The van der Waals surface area contributed by atoms with Crippen molar-refractivity contribution in [3.63, 3.8) is 0 Å². The summed E-state index contributed by atoms with van der Waals surface area (Å²) in [6, 6.07) is 1.69. The fraction of sp³-hybridized carbons (Fsp3) is 0.429. The van der Waals surface area contributed by atoms with Crippen LogP contribution < -0.4 is 0 Å². The molecule has 0 unspecified atom stereocenters. The molecular formula is C7H7NO2S. The molecule has 1 heterocycles. The molecule has 4 heteroatoms. The van der Waals surface area contributed by atoms with Crippen LogP contribution >= 0.6 is 11.5 Å². The van der Waals surface area contributed by atoms with Crippen molar-refractivity contribution < 1.29 is 9.90 Å². The lowest BCUT2D eigenvalue weighted by atomic mass is 10.3. The highest BCUT2D eigenvalue weighted by Crippen LogP contribution is 2.40. The van der Waals surface area contributed by atoms with Crippen LogP contribution in [0, 0.1) is 0 Å². The van der Waals surface area contributed by atoms with Crippen LogP contribution in [0.2, 0.25) is 0 Å². The Labute approximate surface area is 67.8 Å². The zero-order chi connectivity index (χ0) is 7.84. The second-order valence-corrected chi connectivity index (χ2v) is 3.50. The van der Waals surface area contributed by atoms with Crippen LogP contribution in [0.5, 0.6) is 0 Å². The topological polar surface area (TPSA) is 50.2 Å². The van der Waals surface area contributed by atoms with Crippen molar-refractivity contribution in [2.24, 2.45) is 0 Å². The van der Waals surface area contributed by atoms with E-state index in [-0.39, 0.29) is 0 Å². The zero-order valence-corrected chi connectivity index (χ0v) is 6.60. The lowest BCUT2D eigenvalue weighted by Crippen LogP contribution is -1.90. The molecule has 0 aliphatic heterocycles. The molecule has 1 fully saturated rings. The van der Waals surface area contributed by atoms with E-state index in [1.54, 1.807) is 6.07 Å². The average Bonchev–Trinajstić information content (AvgIpc) is 2.68. The molecule has 0 radical (unpaired) electrons. The molecule has 3 nitrogen and oxygen atoms in total. The van der Waals surface area contributed by atoms with Gasteiger partial charge < -0.3 is 5.11 Å². The molecule has 0 amide bonds. The highest BCUT2D eigenvalue weighted by atomic mass is 32.1. The largest absolute Gasteiger partial charge is 0.477 e. The molecule has 0 bridgehead atoms. The summed E-state index contributed by atoms with van der Waals surface area (Å²) in [6.45, 7) is 0. The Bertz CT molecular complexity index is 290. The fourth-order valence-electron chi connectivity index (χ4n) is 0.961. The molecule has 1 aliphatic rings. The van der Waals surface area contributed by atoms with E-state index >= 15 is 0 Å². The monoisotopic (exact) mass is 169 g/mol. The van der Waals surface area contributed by atoms with Gasteiger partial charge in [0.2, 0.25) is 0 Å². The number of hydrogen-bond donors (Lipinski definition) is 1. The maximum atomic E-state index is 10.4. The standard InChI is InChI=1S/C7H7NO2S/c9-7(10)6-3-5(8-11-6)4-1-2-4/h3-4H,1-2H2,(H,9,10). The van der Waals surface area contributed by atoms with Crippen molar-refractivity contribution >= 4 is 17.5 Å². The van der Waals surface area contributed by atoms with E-state index < -0.39 is 5.97 Å². The number of nitrogens with zero attached hydrogens (tertiary/aromatic N) is 1. The molecule has 1 aromatic rings. The van der Waals surface area contributed by atoms with Gasteiger partial charge in [0.1, 0.15) is 4.88 Å². The number of aromatic carboxylic acids is 1. The summed E-state index contributed by atoms with van der Waals surface area (Å²) in [5, 5.41) is 8.57. The van der Waals surface area contributed by atoms with E-state index in [0.717, 1.165) is 17.2 Å². The number of aromatic nitrogens is 1. The quantitative estimate of drug-likeness (QED) is 0.733. The van der Waals surface area contributed by atoms with Crippen LogP contribution in [0.3, 0.4) is 0 Å². The van der Waals surface area contributed by atoms with Gasteiger partial charge in [-0.15, -0.1) is 0 Å². The van der Waals surface area contributed by atoms with Gasteiger partial charge in [0.15, 0.2) is 0 Å². The van der Waals surface area contributed by atoms with Gasteiger partial charge in [-0.25, -0.2) is 4.79 Å². The predicted molar refractivity (Wildman–Crippen MR) is 41.0 cm³/mol. The van der Waals surface area contributed by atoms with E-state index in [2.05, 4.69) is 4.37 Å². The summed E-state index contributed by atoms with van der Waals surface area (Å²) in [5.41, 5.74) is 0.965. The summed E-state index contributed by atoms with van der Waals surface area (Å²) in [6.07, 6.45) is 2.34. The van der Waals surface area contributed by atoms with Crippen molar-refractivity contribution in [2.45, 2.75) is 18.8 Å². The Morgan fingerprint density at radius 2 is 2.45 bits per heavy atom. The fourth-order valence-corrected chi connectivity index (χ4v) is 1.62. The maximum Gasteiger partial charge on any atom is 0.347 e. The van der Waals surface area contributed by atoms with Gasteiger partial charge in [0.05, 0.1) is 5.69 Å². The summed E-state index contributed by atoms with van der Waals surface area (Å²) in [4.78, 5) is 10.8. The molecule has 0 saturated heterocycles. The molecule has 0 atom stereocenters. The molecule has 1 N–H and O–H groups in total. The van der Waals surface area contributed by atoms with Gasteiger partial charge in [0.25, 0.3) is 0 Å². The van der Waals surface area contributed by atoms with Crippen molar-refractivity contribution in [3.05, 3.63) is 16.6 Å². The molecule has 2 rings (SSSR count). The normalized spacial score (nSPS) is 16.7. The van der Waals surface area contributed by atoms with Gasteiger partial charge >= 0.3 is 5.97 Å². The molecule has 1 aromatic heterocycles. The Morgan fingerprint density at radius 3 is 2.91 bits per heavy atom. The van der Waals surface area contributed by atoms with E-state index in [4.69, 9.17) is 5.11 Å². The first kappa shape index (κ1) is 6.79. The number of carboxylic acids is 1. The highest BCUT2D eigenvalue weighted by Gasteiger charge is 2.26. The minimum Gasteiger partial charge on any atom is -0.477 e. The van der Waals surface area contributed by atoms with Crippen molar-refractivity contribution in [2.75, 3.05) is 0 Å². The minimum atomic E-state index is -0.866. The molecule has 11 heavy (non-hydrogen) atoms. The van der Waals surface area contributed by atoms with Crippen molar-refractivity contribution in [1.82, 2.24) is 4.37 Å². The third-order valence-electron chi connectivity index (χ3n) is 1.73. The van der Waals surface area contributed by atoms with E-state index in [9.17, 15) is 4.79 Å². The molecular weight excluding hydrogens is 162 g/mol. The molecule has 1 aliphatic carbocycles. The maximum absolute atomic E-state index is 10.4. The van der Waals surface area contributed by atoms with Gasteiger partial charge in [-0.3, -0.25) is 0 Å². The summed E-state index contributed by atoms with van der Waals surface area (Å²) >= 11 is 1.08. The number of carboxylic acid groups (broad SMARTS) is 1. The van der Waals surface area contributed by atoms with E-state index in [1.165, 1.54) is 12.8 Å². The summed E-state index contributed by atoms with van der Waals surface area (Å²) in [5.74, 6) is -0.311. The van der Waals surface area contributed by atoms with Crippen LogP contribution in [0.4, 0.5) is 0 Å². The minimum absolute atomic E-state index is 0.354. The van der Waals surface area contributed by atoms with Crippen LogP contribution in [-0.2, 0) is 0 Å². The lowest BCUT2D eigenvalue weighted by Gasteiger charge is -1.82. The Balaban J connectivity index is 2.25. The number of hydrogen-bond acceptors (Lipinski definition) is 3. The van der Waals surface area contributed by atoms with Crippen molar-refractivity contribution in [1.29, 1.82) is 0 Å². The van der Waals surface area contributed by atoms with E-state index in [0.29, 0.717) is 10.8 Å². The van der Waals surface area contributed by atoms with Gasteiger partial charge in [-0.1, -0.05) is 0 Å².